The van der Waals surface area contributed by atoms with Gasteiger partial charge in [0.15, 0.2) is 11.9 Å². The summed E-state index contributed by atoms with van der Waals surface area (Å²) < 4.78 is 5.39. The molecule has 4 atom stereocenters. The normalized spacial score (nSPS) is 26.1. The Morgan fingerprint density at radius 1 is 1.15 bits per heavy atom. The molecule has 0 spiro atoms. The maximum Gasteiger partial charge on any atom is 0.251 e. The zero-order valence-electron chi connectivity index (χ0n) is 23.4. The minimum atomic E-state index is -1.61. The number of hydrogen-bond acceptors (Lipinski definition) is 7. The molecule has 0 aromatic carbocycles. The number of aliphatic hydroxyl groups is 2. The van der Waals surface area contributed by atoms with Gasteiger partial charge in [0, 0.05) is 24.5 Å². The van der Waals surface area contributed by atoms with Crippen molar-refractivity contribution >= 4 is 23.4 Å². The fraction of sp³-hybridized carbons (Fsp3) is 0.419. The van der Waals surface area contributed by atoms with Crippen LogP contribution in [0.15, 0.2) is 83.0 Å². The van der Waals surface area contributed by atoms with Crippen molar-refractivity contribution in [3.05, 3.63) is 83.0 Å². The second kappa shape index (κ2) is 13.5. The van der Waals surface area contributed by atoms with Gasteiger partial charge in [-0.1, -0.05) is 68.7 Å². The van der Waals surface area contributed by atoms with Gasteiger partial charge < -0.3 is 25.6 Å². The third kappa shape index (κ3) is 8.09. The number of rotatable bonds is 12. The number of allylic oxidation sites excluding steroid dienone is 9. The third-order valence-electron chi connectivity index (χ3n) is 6.81. The summed E-state index contributed by atoms with van der Waals surface area (Å²) in [5.74, 6) is -1.43. The number of fused-ring (bicyclic) bond motifs is 1. The van der Waals surface area contributed by atoms with Crippen molar-refractivity contribution in [3.8, 4) is 0 Å². The Labute approximate surface area is 234 Å². The predicted molar refractivity (Wildman–Crippen MR) is 151 cm³/mol. The van der Waals surface area contributed by atoms with Crippen LogP contribution in [0.25, 0.3) is 0 Å². The van der Waals surface area contributed by atoms with Gasteiger partial charge >= 0.3 is 0 Å². The monoisotopic (exact) mass is 550 g/mol. The lowest BCUT2D eigenvalue weighted by molar-refractivity contribution is -0.121. The Kier molecular flexibility index (Phi) is 10.4. The first-order valence-electron chi connectivity index (χ1n) is 13.6. The largest absolute Gasteiger partial charge is 0.510 e. The number of hydrogen-bond donors (Lipinski definition) is 4. The number of carbonyl (C=O) groups is 4. The lowest BCUT2D eigenvalue weighted by Gasteiger charge is -2.23. The topological polar surface area (TPSA) is 145 Å². The predicted octanol–water partition coefficient (Wildman–Crippen LogP) is 3.70. The molecule has 3 aliphatic rings. The van der Waals surface area contributed by atoms with Crippen molar-refractivity contribution in [1.29, 1.82) is 0 Å². The molecular weight excluding hydrogens is 512 g/mol. The average molecular weight is 551 g/mol. The minimum absolute atomic E-state index is 0.0267. The highest BCUT2D eigenvalue weighted by molar-refractivity contribution is 6.07. The smallest absolute Gasteiger partial charge is 0.251 e. The Bertz CT molecular complexity index is 1260. The Morgan fingerprint density at radius 2 is 1.88 bits per heavy atom. The van der Waals surface area contributed by atoms with Gasteiger partial charge in [-0.3, -0.25) is 19.2 Å². The number of ether oxygens (including phenoxy) is 1. The Morgan fingerprint density at radius 3 is 2.55 bits per heavy atom. The summed E-state index contributed by atoms with van der Waals surface area (Å²) in [6, 6.07) is 0. The number of unbranched alkanes of at least 4 members (excludes halogenated alkanes) is 1. The molecule has 1 aliphatic heterocycles. The molecule has 0 aromatic heterocycles. The lowest BCUT2D eigenvalue weighted by Crippen LogP contribution is -2.42. The average Bonchev–Trinajstić information content (AvgIpc) is 3.66. The van der Waals surface area contributed by atoms with E-state index in [-0.39, 0.29) is 35.8 Å². The molecule has 1 heterocycles. The van der Waals surface area contributed by atoms with Crippen LogP contribution in [0.2, 0.25) is 0 Å². The van der Waals surface area contributed by atoms with Gasteiger partial charge in [-0.2, -0.15) is 0 Å². The SMILES string of the molecule is CCCCC(C)C=C(C)C=C(C)C(=O)NC1=C[C@@](O)(/C=C/C=C/C=C/C(=O)NC2=C(O)CCC2=O)[C@@H]2O[C@@H]2C1=O. The summed E-state index contributed by atoms with van der Waals surface area (Å²) >= 11 is 0. The van der Waals surface area contributed by atoms with Crippen molar-refractivity contribution in [3.63, 3.8) is 0 Å². The zero-order chi connectivity index (χ0) is 29.4. The first-order valence-corrected chi connectivity index (χ1v) is 13.6. The second-order valence-electron chi connectivity index (χ2n) is 10.4. The van der Waals surface area contributed by atoms with Gasteiger partial charge in [0.25, 0.3) is 5.91 Å². The summed E-state index contributed by atoms with van der Waals surface area (Å²) in [6.45, 7) is 7.90. The number of ketones is 2. The van der Waals surface area contributed by atoms with Crippen molar-refractivity contribution in [2.45, 2.75) is 77.6 Å². The maximum atomic E-state index is 12.8. The fourth-order valence-electron chi connectivity index (χ4n) is 4.61. The molecule has 2 aliphatic carbocycles. The third-order valence-corrected chi connectivity index (χ3v) is 6.81. The van der Waals surface area contributed by atoms with Crippen LogP contribution in [-0.4, -0.2) is 51.4 Å². The van der Waals surface area contributed by atoms with E-state index in [1.165, 1.54) is 36.5 Å². The molecular formula is C31H38N2O7. The highest BCUT2D eigenvalue weighted by Gasteiger charge is 2.59. The fourth-order valence-corrected chi connectivity index (χ4v) is 4.61. The van der Waals surface area contributed by atoms with Crippen LogP contribution in [0.3, 0.4) is 0 Å². The second-order valence-corrected chi connectivity index (χ2v) is 10.4. The molecule has 40 heavy (non-hydrogen) atoms. The molecule has 0 bridgehead atoms. The number of epoxide rings is 1. The number of aliphatic hydroxyl groups excluding tert-OH is 1. The summed E-state index contributed by atoms with van der Waals surface area (Å²) in [7, 11) is 0. The molecule has 1 saturated heterocycles. The van der Waals surface area contributed by atoms with Crippen molar-refractivity contribution in [2.75, 3.05) is 0 Å². The standard InChI is InChI=1S/C31H38N2O7/c1-5-6-11-19(2)16-20(3)17-21(4)30(38)32-22-18-31(39,29-28(40-29)27(22)37)15-10-8-7-9-12-25(36)33-26-23(34)13-14-24(26)35/h7-10,12,15-19,28-29,34,39H,5-6,11,13-14H2,1-4H3,(H,32,38)(H,33,36)/b8-7+,12-9+,15-10+,20-16?,21-17?/t19?,28-,29-,31+/m1/s1. The van der Waals surface area contributed by atoms with Crippen molar-refractivity contribution in [2.24, 2.45) is 5.92 Å². The molecule has 9 nitrogen and oxygen atoms in total. The van der Waals surface area contributed by atoms with Crippen LogP contribution < -0.4 is 10.6 Å². The van der Waals surface area contributed by atoms with Gasteiger partial charge in [0.05, 0.1) is 5.70 Å². The Hall–Kier alpha value is -3.82. The maximum absolute atomic E-state index is 12.8. The lowest BCUT2D eigenvalue weighted by atomic mass is 9.88. The summed E-state index contributed by atoms with van der Waals surface area (Å²) in [5.41, 5.74) is -0.310. The summed E-state index contributed by atoms with van der Waals surface area (Å²) in [4.78, 5) is 49.0. The zero-order valence-corrected chi connectivity index (χ0v) is 23.4. The molecule has 9 heteroatoms. The van der Waals surface area contributed by atoms with Crippen LogP contribution >= 0.6 is 0 Å². The van der Waals surface area contributed by atoms with E-state index in [1.807, 2.05) is 6.92 Å². The molecule has 0 aromatic rings. The highest BCUT2D eigenvalue weighted by atomic mass is 16.6. The van der Waals surface area contributed by atoms with Gasteiger partial charge in [-0.25, -0.2) is 0 Å². The number of nitrogens with one attached hydrogen (secondary N) is 2. The molecule has 214 valence electrons. The molecule has 1 fully saturated rings. The van der Waals surface area contributed by atoms with Gasteiger partial charge in [0.2, 0.25) is 11.7 Å². The van der Waals surface area contributed by atoms with Crippen LogP contribution in [-0.2, 0) is 23.9 Å². The van der Waals surface area contributed by atoms with E-state index < -0.39 is 35.4 Å². The van der Waals surface area contributed by atoms with E-state index in [0.29, 0.717) is 11.5 Å². The first kappa shape index (κ1) is 30.7. The molecule has 4 N–H and O–H groups in total. The van der Waals surface area contributed by atoms with Crippen molar-refractivity contribution in [1.82, 2.24) is 10.6 Å². The van der Waals surface area contributed by atoms with Gasteiger partial charge in [0.1, 0.15) is 23.2 Å². The summed E-state index contributed by atoms with van der Waals surface area (Å²) in [5, 5.41) is 25.7. The van der Waals surface area contributed by atoms with E-state index in [4.69, 9.17) is 4.74 Å². The van der Waals surface area contributed by atoms with Gasteiger partial charge in [-0.15, -0.1) is 0 Å². The first-order chi connectivity index (χ1) is 18.9. The van der Waals surface area contributed by atoms with E-state index in [9.17, 15) is 29.4 Å². The quantitative estimate of drug-likeness (QED) is 0.165. The number of amides is 2. The number of Topliss-reactive ketones (excluding diaryl/α,β-unsaturated/α-hetero) is 2. The van der Waals surface area contributed by atoms with Crippen LogP contribution in [0.1, 0.15) is 59.8 Å². The molecule has 2 amide bonds. The van der Waals surface area contributed by atoms with E-state index in [1.54, 1.807) is 19.1 Å². The highest BCUT2D eigenvalue weighted by Crippen LogP contribution is 2.40. The van der Waals surface area contributed by atoms with Crippen LogP contribution in [0, 0.1) is 5.92 Å². The van der Waals surface area contributed by atoms with Gasteiger partial charge in [-0.05, 0) is 38.3 Å². The Balaban J connectivity index is 1.60. The molecule has 0 radical (unpaired) electrons. The molecule has 3 rings (SSSR count). The van der Waals surface area contributed by atoms with Crippen LogP contribution in [0.5, 0.6) is 0 Å². The molecule has 1 unspecified atom stereocenters. The minimum Gasteiger partial charge on any atom is -0.510 e. The number of carbonyl (C=O) groups excluding carboxylic acids is 4. The van der Waals surface area contributed by atoms with E-state index >= 15 is 0 Å². The van der Waals surface area contributed by atoms with E-state index in [0.717, 1.165) is 24.8 Å². The summed E-state index contributed by atoms with van der Waals surface area (Å²) in [6.07, 6.45) is 16.0. The van der Waals surface area contributed by atoms with Crippen LogP contribution in [0.4, 0.5) is 0 Å². The van der Waals surface area contributed by atoms with Crippen molar-refractivity contribution < 1.29 is 34.1 Å². The molecule has 0 saturated carbocycles. The van der Waals surface area contributed by atoms with E-state index in [2.05, 4.69) is 30.6 Å².